The molecule has 1 aliphatic rings. The van der Waals surface area contributed by atoms with Gasteiger partial charge in [-0.2, -0.15) is 0 Å². The number of carboxylic acid groups (broad SMARTS) is 1. The number of carboxylic acids is 1. The lowest BCUT2D eigenvalue weighted by molar-refractivity contribution is -0.143. The minimum absolute atomic E-state index is 0.0272. The number of rotatable bonds is 4. The van der Waals surface area contributed by atoms with Gasteiger partial charge in [-0.05, 0) is 55.8 Å². The number of likely N-dealkylation sites (tertiary alicyclic amines) is 1. The van der Waals surface area contributed by atoms with Gasteiger partial charge in [0, 0.05) is 5.02 Å². The molecule has 1 N–H and O–H groups in total. The van der Waals surface area contributed by atoms with Gasteiger partial charge >= 0.3 is 5.97 Å². The van der Waals surface area contributed by atoms with E-state index in [1.165, 1.54) is 4.70 Å². The number of aliphatic carboxylic acids is 1. The summed E-state index contributed by atoms with van der Waals surface area (Å²) in [6.45, 7) is 1.50. The van der Waals surface area contributed by atoms with Crippen molar-refractivity contribution in [2.45, 2.75) is 18.9 Å². The third kappa shape index (κ3) is 3.47. The van der Waals surface area contributed by atoms with Gasteiger partial charge in [0.25, 0.3) is 0 Å². The summed E-state index contributed by atoms with van der Waals surface area (Å²) in [5.74, 6) is -0.930. The summed E-state index contributed by atoms with van der Waals surface area (Å²) < 4.78 is 1.17. The summed E-state index contributed by atoms with van der Waals surface area (Å²) in [6.07, 6.45) is 1.34. The van der Waals surface area contributed by atoms with Gasteiger partial charge in [0.1, 0.15) is 5.01 Å². The number of halogens is 1. The molecule has 1 fully saturated rings. The second kappa shape index (κ2) is 7.35. The molecule has 1 saturated heterocycles. The Balaban J connectivity index is 1.70. The Morgan fingerprint density at radius 2 is 1.85 bits per heavy atom. The Morgan fingerprint density at radius 1 is 1.15 bits per heavy atom. The SMILES string of the molecule is O=C(O)C1CCN(C(c2ccc(Cl)cc2)c2nc3ccccc3s2)CC1. The van der Waals surface area contributed by atoms with Crippen LogP contribution in [0.1, 0.15) is 29.5 Å². The minimum atomic E-state index is -0.687. The van der Waals surface area contributed by atoms with E-state index in [4.69, 9.17) is 16.6 Å². The highest BCUT2D eigenvalue weighted by Gasteiger charge is 2.31. The molecule has 1 aromatic heterocycles. The summed E-state index contributed by atoms with van der Waals surface area (Å²) in [4.78, 5) is 18.5. The molecule has 0 bridgehead atoms. The molecule has 0 saturated carbocycles. The van der Waals surface area contributed by atoms with Crippen molar-refractivity contribution < 1.29 is 9.90 Å². The molecular weight excluding hydrogens is 368 g/mol. The lowest BCUT2D eigenvalue weighted by atomic mass is 9.94. The second-order valence-electron chi connectivity index (χ2n) is 6.62. The van der Waals surface area contributed by atoms with Gasteiger partial charge in [0.05, 0.1) is 22.2 Å². The summed E-state index contributed by atoms with van der Waals surface area (Å²) >= 11 is 7.78. The molecule has 2 aromatic carbocycles. The van der Waals surface area contributed by atoms with E-state index in [0.717, 1.165) is 29.2 Å². The molecule has 0 aliphatic carbocycles. The smallest absolute Gasteiger partial charge is 0.306 e. The zero-order chi connectivity index (χ0) is 18.1. The van der Waals surface area contributed by atoms with Crippen molar-refractivity contribution in [2.24, 2.45) is 5.92 Å². The van der Waals surface area contributed by atoms with Gasteiger partial charge in [-0.1, -0.05) is 35.9 Å². The maximum atomic E-state index is 11.3. The van der Waals surface area contributed by atoms with Crippen LogP contribution in [0.25, 0.3) is 10.2 Å². The van der Waals surface area contributed by atoms with E-state index < -0.39 is 5.97 Å². The number of nitrogens with zero attached hydrogens (tertiary/aromatic N) is 2. The van der Waals surface area contributed by atoms with Crippen LogP contribution < -0.4 is 0 Å². The van der Waals surface area contributed by atoms with E-state index in [1.54, 1.807) is 11.3 Å². The van der Waals surface area contributed by atoms with Crippen LogP contribution in [0.2, 0.25) is 5.02 Å². The number of fused-ring (bicyclic) bond motifs is 1. The van der Waals surface area contributed by atoms with Gasteiger partial charge in [0.2, 0.25) is 0 Å². The zero-order valence-corrected chi connectivity index (χ0v) is 15.7. The lowest BCUT2D eigenvalue weighted by Gasteiger charge is -2.35. The van der Waals surface area contributed by atoms with Crippen LogP contribution >= 0.6 is 22.9 Å². The van der Waals surface area contributed by atoms with E-state index in [0.29, 0.717) is 17.9 Å². The highest BCUT2D eigenvalue weighted by molar-refractivity contribution is 7.18. The fourth-order valence-electron chi connectivity index (χ4n) is 3.57. The molecule has 1 unspecified atom stereocenters. The molecule has 0 amide bonds. The molecule has 0 radical (unpaired) electrons. The van der Waals surface area contributed by atoms with Crippen LogP contribution in [-0.4, -0.2) is 34.0 Å². The van der Waals surface area contributed by atoms with Crippen molar-refractivity contribution in [3.8, 4) is 0 Å². The van der Waals surface area contributed by atoms with Crippen molar-refractivity contribution in [3.05, 3.63) is 64.1 Å². The highest BCUT2D eigenvalue weighted by Crippen LogP contribution is 2.36. The largest absolute Gasteiger partial charge is 0.481 e. The maximum absolute atomic E-state index is 11.3. The van der Waals surface area contributed by atoms with Crippen LogP contribution in [-0.2, 0) is 4.79 Å². The first-order valence-electron chi connectivity index (χ1n) is 8.69. The summed E-state index contributed by atoms with van der Waals surface area (Å²) in [5, 5.41) is 11.0. The van der Waals surface area contributed by atoms with E-state index in [2.05, 4.69) is 11.0 Å². The van der Waals surface area contributed by atoms with Gasteiger partial charge in [-0.25, -0.2) is 4.98 Å². The molecule has 26 heavy (non-hydrogen) atoms. The van der Waals surface area contributed by atoms with Crippen molar-refractivity contribution in [1.29, 1.82) is 0 Å². The second-order valence-corrected chi connectivity index (χ2v) is 8.12. The summed E-state index contributed by atoms with van der Waals surface area (Å²) in [6, 6.07) is 16.1. The van der Waals surface area contributed by atoms with Crippen molar-refractivity contribution >= 4 is 39.1 Å². The molecule has 1 aliphatic heterocycles. The van der Waals surface area contributed by atoms with Gasteiger partial charge in [0.15, 0.2) is 0 Å². The standard InChI is InChI=1S/C20H19ClN2O2S/c21-15-7-5-13(6-8-15)18(23-11-9-14(10-12-23)20(24)25)19-22-16-3-1-2-4-17(16)26-19/h1-8,14,18H,9-12H2,(H,24,25). The van der Waals surface area contributed by atoms with Crippen LogP contribution in [0, 0.1) is 5.92 Å². The predicted molar refractivity (Wildman–Crippen MR) is 105 cm³/mol. The van der Waals surface area contributed by atoms with E-state index in [-0.39, 0.29) is 12.0 Å². The average molecular weight is 387 g/mol. The molecule has 6 heteroatoms. The Kier molecular flexibility index (Phi) is 4.94. The topological polar surface area (TPSA) is 53.4 Å². The Morgan fingerprint density at radius 3 is 2.50 bits per heavy atom. The number of para-hydroxylation sites is 1. The fraction of sp³-hybridized carbons (Fsp3) is 0.300. The predicted octanol–water partition coefficient (Wildman–Crippen LogP) is 4.84. The van der Waals surface area contributed by atoms with Crippen LogP contribution in [0.4, 0.5) is 0 Å². The van der Waals surface area contributed by atoms with E-state index >= 15 is 0 Å². The van der Waals surface area contributed by atoms with Gasteiger partial charge in [-0.15, -0.1) is 11.3 Å². The van der Waals surface area contributed by atoms with Crippen molar-refractivity contribution in [2.75, 3.05) is 13.1 Å². The molecule has 2 heterocycles. The normalized spacial score (nSPS) is 17.4. The third-order valence-corrected chi connectivity index (χ3v) is 6.31. The number of thiazole rings is 1. The highest BCUT2D eigenvalue weighted by atomic mass is 35.5. The van der Waals surface area contributed by atoms with E-state index in [1.807, 2.05) is 42.5 Å². The monoisotopic (exact) mass is 386 g/mol. The van der Waals surface area contributed by atoms with E-state index in [9.17, 15) is 9.90 Å². The minimum Gasteiger partial charge on any atom is -0.481 e. The van der Waals surface area contributed by atoms with Crippen molar-refractivity contribution in [1.82, 2.24) is 9.88 Å². The first-order chi connectivity index (χ1) is 12.6. The number of aromatic nitrogens is 1. The van der Waals surface area contributed by atoms with Gasteiger partial charge in [-0.3, -0.25) is 9.69 Å². The van der Waals surface area contributed by atoms with Crippen LogP contribution in [0.15, 0.2) is 48.5 Å². The Hall–Kier alpha value is -1.95. The fourth-order valence-corrected chi connectivity index (χ4v) is 4.82. The molecule has 3 aromatic rings. The molecule has 134 valence electrons. The summed E-state index contributed by atoms with van der Waals surface area (Å²) in [5.41, 5.74) is 2.15. The number of benzene rings is 2. The first-order valence-corrected chi connectivity index (χ1v) is 9.89. The molecular formula is C20H19ClN2O2S. The Labute approximate surface area is 161 Å². The third-order valence-electron chi connectivity index (χ3n) is 4.97. The number of hydrogen-bond donors (Lipinski definition) is 1. The van der Waals surface area contributed by atoms with Crippen LogP contribution in [0.3, 0.4) is 0 Å². The Bertz CT molecular complexity index is 884. The van der Waals surface area contributed by atoms with Crippen molar-refractivity contribution in [3.63, 3.8) is 0 Å². The molecule has 1 atom stereocenters. The maximum Gasteiger partial charge on any atom is 0.306 e. The zero-order valence-electron chi connectivity index (χ0n) is 14.1. The molecule has 0 spiro atoms. The quantitative estimate of drug-likeness (QED) is 0.697. The first kappa shape index (κ1) is 17.5. The molecule has 4 rings (SSSR count). The summed E-state index contributed by atoms with van der Waals surface area (Å²) in [7, 11) is 0. The number of carbonyl (C=O) groups is 1. The lowest BCUT2D eigenvalue weighted by Crippen LogP contribution is -2.39. The molecule has 4 nitrogen and oxygen atoms in total. The van der Waals surface area contributed by atoms with Crippen LogP contribution in [0.5, 0.6) is 0 Å². The number of piperidine rings is 1. The van der Waals surface area contributed by atoms with Gasteiger partial charge < -0.3 is 5.11 Å². The number of hydrogen-bond acceptors (Lipinski definition) is 4. The average Bonchev–Trinajstić information content (AvgIpc) is 3.07.